The molecule has 19 heavy (non-hydrogen) atoms. The first-order chi connectivity index (χ1) is 8.74. The van der Waals surface area contributed by atoms with E-state index in [2.05, 4.69) is 5.32 Å². The van der Waals surface area contributed by atoms with Crippen molar-refractivity contribution in [1.82, 2.24) is 10.2 Å². The molecule has 2 amide bonds. The van der Waals surface area contributed by atoms with Crippen LogP contribution in [0.3, 0.4) is 0 Å². The number of aliphatic carboxylic acids is 1. The lowest BCUT2D eigenvalue weighted by Gasteiger charge is -2.37. The zero-order chi connectivity index (χ0) is 14.6. The van der Waals surface area contributed by atoms with E-state index < -0.39 is 22.2 Å². The van der Waals surface area contributed by atoms with Gasteiger partial charge in [0.15, 0.2) is 0 Å². The van der Waals surface area contributed by atoms with E-state index in [1.165, 1.54) is 4.90 Å². The van der Waals surface area contributed by atoms with Gasteiger partial charge in [0.25, 0.3) is 0 Å². The highest BCUT2D eigenvalue weighted by Crippen LogP contribution is 2.29. The van der Waals surface area contributed by atoms with Crippen molar-refractivity contribution in [2.75, 3.05) is 25.1 Å². The summed E-state index contributed by atoms with van der Waals surface area (Å²) >= 11 is 0. The van der Waals surface area contributed by atoms with Crippen molar-refractivity contribution in [2.24, 2.45) is 5.41 Å². The van der Waals surface area contributed by atoms with E-state index in [1.807, 2.05) is 0 Å². The van der Waals surface area contributed by atoms with Crippen LogP contribution in [-0.2, 0) is 15.6 Å². The summed E-state index contributed by atoms with van der Waals surface area (Å²) in [6.07, 6.45) is 2.86. The molecule has 2 N–H and O–H groups in total. The second kappa shape index (κ2) is 6.36. The van der Waals surface area contributed by atoms with Gasteiger partial charge in [-0.25, -0.2) is 4.79 Å². The number of hydrogen-bond acceptors (Lipinski definition) is 3. The largest absolute Gasteiger partial charge is 0.481 e. The number of rotatable bonds is 4. The Morgan fingerprint density at radius 3 is 2.68 bits per heavy atom. The van der Waals surface area contributed by atoms with E-state index in [-0.39, 0.29) is 18.6 Å². The monoisotopic (exact) mass is 290 g/mol. The summed E-state index contributed by atoms with van der Waals surface area (Å²) in [5, 5.41) is 12.0. The standard InChI is InChI=1S/C12H22N2O4S/c1-9(7-19(3)18)13-11(17)14-6-4-5-12(2,8-14)10(15)16/h9H,4-8H2,1-3H3,(H,13,17)(H,15,16). The number of carbonyl (C=O) groups is 2. The minimum absolute atomic E-state index is 0.184. The Morgan fingerprint density at radius 1 is 1.53 bits per heavy atom. The lowest BCUT2D eigenvalue weighted by atomic mass is 9.82. The van der Waals surface area contributed by atoms with Gasteiger partial charge in [0.1, 0.15) is 0 Å². The molecule has 6 nitrogen and oxygen atoms in total. The molecule has 7 heteroatoms. The Kier molecular flexibility index (Phi) is 5.34. The van der Waals surface area contributed by atoms with E-state index in [4.69, 9.17) is 0 Å². The van der Waals surface area contributed by atoms with E-state index in [9.17, 15) is 18.9 Å². The van der Waals surface area contributed by atoms with Crippen LogP contribution in [-0.4, -0.2) is 57.4 Å². The third kappa shape index (κ3) is 4.49. The lowest BCUT2D eigenvalue weighted by Crippen LogP contribution is -2.53. The van der Waals surface area contributed by atoms with Crippen LogP contribution >= 0.6 is 0 Å². The number of piperidine rings is 1. The number of carboxylic acids is 1. The Morgan fingerprint density at radius 2 is 2.16 bits per heavy atom. The number of carbonyl (C=O) groups excluding carboxylic acids is 1. The molecule has 1 rings (SSSR count). The summed E-state index contributed by atoms with van der Waals surface area (Å²) in [6.45, 7) is 4.24. The van der Waals surface area contributed by atoms with Crippen molar-refractivity contribution in [3.63, 3.8) is 0 Å². The highest BCUT2D eigenvalue weighted by Gasteiger charge is 2.39. The second-order valence-corrected chi connectivity index (χ2v) is 6.96. The fourth-order valence-electron chi connectivity index (χ4n) is 2.28. The van der Waals surface area contributed by atoms with Crippen molar-refractivity contribution in [3.05, 3.63) is 0 Å². The Labute approximate surface area is 116 Å². The minimum atomic E-state index is -0.967. The number of hydrogen-bond donors (Lipinski definition) is 2. The van der Waals surface area contributed by atoms with Crippen molar-refractivity contribution < 1.29 is 18.9 Å². The SMILES string of the molecule is CC(CS(C)=O)NC(=O)N1CCCC(C)(C(=O)O)C1. The molecule has 3 unspecified atom stereocenters. The van der Waals surface area contributed by atoms with Crippen LogP contribution in [0.4, 0.5) is 4.79 Å². The zero-order valence-corrected chi connectivity index (χ0v) is 12.5. The first-order valence-corrected chi connectivity index (χ1v) is 8.06. The Bertz CT molecular complexity index is 388. The number of amides is 2. The highest BCUT2D eigenvalue weighted by atomic mass is 32.2. The van der Waals surface area contributed by atoms with Crippen molar-refractivity contribution >= 4 is 22.8 Å². The summed E-state index contributed by atoms with van der Waals surface area (Å²) in [6, 6.07) is -0.457. The van der Waals surface area contributed by atoms with E-state index in [0.717, 1.165) is 0 Å². The maximum atomic E-state index is 12.0. The number of likely N-dealkylation sites (tertiary alicyclic amines) is 1. The predicted octanol–water partition coefficient (Wildman–Crippen LogP) is 0.650. The molecule has 1 fully saturated rings. The molecule has 0 saturated carbocycles. The van der Waals surface area contributed by atoms with Crippen LogP contribution in [0.2, 0.25) is 0 Å². The van der Waals surface area contributed by atoms with Crippen molar-refractivity contribution in [2.45, 2.75) is 32.7 Å². The van der Waals surface area contributed by atoms with Gasteiger partial charge < -0.3 is 15.3 Å². The summed E-state index contributed by atoms with van der Waals surface area (Å²) < 4.78 is 11.1. The topological polar surface area (TPSA) is 86.7 Å². The average Bonchev–Trinajstić information content (AvgIpc) is 2.27. The Balaban J connectivity index is 2.57. The average molecular weight is 290 g/mol. The maximum absolute atomic E-state index is 12.0. The Hall–Kier alpha value is -1.11. The molecule has 0 radical (unpaired) electrons. The van der Waals surface area contributed by atoms with Gasteiger partial charge in [-0.2, -0.15) is 0 Å². The summed E-state index contributed by atoms with van der Waals surface area (Å²) in [4.78, 5) is 24.8. The number of nitrogens with zero attached hydrogens (tertiary/aromatic N) is 1. The summed E-state index contributed by atoms with van der Waals surface area (Å²) in [5.41, 5.74) is -0.869. The molecule has 1 heterocycles. The van der Waals surface area contributed by atoms with Crippen LogP contribution in [0.25, 0.3) is 0 Å². The molecule has 1 aliphatic rings. The fourth-order valence-corrected chi connectivity index (χ4v) is 3.07. The molecular weight excluding hydrogens is 268 g/mol. The van der Waals surface area contributed by atoms with Gasteiger partial charge in [-0.3, -0.25) is 9.00 Å². The molecular formula is C12H22N2O4S. The molecule has 0 bridgehead atoms. The zero-order valence-electron chi connectivity index (χ0n) is 11.6. The molecule has 1 saturated heterocycles. The smallest absolute Gasteiger partial charge is 0.317 e. The van der Waals surface area contributed by atoms with Gasteiger partial charge in [0.05, 0.1) is 5.41 Å². The van der Waals surface area contributed by atoms with Gasteiger partial charge in [0, 0.05) is 41.9 Å². The number of carboxylic acid groups (broad SMARTS) is 1. The second-order valence-electron chi connectivity index (χ2n) is 5.48. The number of urea groups is 1. The van der Waals surface area contributed by atoms with Gasteiger partial charge in [-0.1, -0.05) is 0 Å². The molecule has 0 aromatic heterocycles. The highest BCUT2D eigenvalue weighted by molar-refractivity contribution is 7.84. The molecule has 110 valence electrons. The van der Waals surface area contributed by atoms with E-state index >= 15 is 0 Å². The fraction of sp³-hybridized carbons (Fsp3) is 0.833. The third-order valence-electron chi connectivity index (χ3n) is 3.35. The van der Waals surface area contributed by atoms with E-state index in [0.29, 0.717) is 25.1 Å². The van der Waals surface area contributed by atoms with Crippen LogP contribution in [0.5, 0.6) is 0 Å². The van der Waals surface area contributed by atoms with Crippen LogP contribution in [0, 0.1) is 5.41 Å². The molecule has 0 spiro atoms. The van der Waals surface area contributed by atoms with Crippen LogP contribution in [0.1, 0.15) is 26.7 Å². The first kappa shape index (κ1) is 15.9. The van der Waals surface area contributed by atoms with Crippen molar-refractivity contribution in [1.29, 1.82) is 0 Å². The molecule has 1 aliphatic heterocycles. The third-order valence-corrected chi connectivity index (χ3v) is 4.32. The molecule has 0 aromatic rings. The normalized spacial score (nSPS) is 26.6. The number of nitrogens with one attached hydrogen (secondary N) is 1. The van der Waals surface area contributed by atoms with Crippen LogP contribution < -0.4 is 5.32 Å². The summed E-state index contributed by atoms with van der Waals surface area (Å²) in [5.74, 6) is -0.469. The molecule has 0 aromatic carbocycles. The predicted molar refractivity (Wildman–Crippen MR) is 73.5 cm³/mol. The van der Waals surface area contributed by atoms with Gasteiger partial charge in [-0.05, 0) is 26.7 Å². The van der Waals surface area contributed by atoms with Gasteiger partial charge >= 0.3 is 12.0 Å². The summed E-state index contributed by atoms with van der Waals surface area (Å²) in [7, 11) is -0.967. The lowest BCUT2D eigenvalue weighted by molar-refractivity contribution is -0.150. The van der Waals surface area contributed by atoms with E-state index in [1.54, 1.807) is 20.1 Å². The molecule has 0 aliphatic carbocycles. The first-order valence-electron chi connectivity index (χ1n) is 6.33. The molecule has 3 atom stereocenters. The maximum Gasteiger partial charge on any atom is 0.317 e. The van der Waals surface area contributed by atoms with Crippen LogP contribution in [0.15, 0.2) is 0 Å². The quantitative estimate of drug-likeness (QED) is 0.796. The minimum Gasteiger partial charge on any atom is -0.481 e. The van der Waals surface area contributed by atoms with Crippen molar-refractivity contribution in [3.8, 4) is 0 Å². The van der Waals surface area contributed by atoms with Gasteiger partial charge in [-0.15, -0.1) is 0 Å². The van der Waals surface area contributed by atoms with Gasteiger partial charge in [0.2, 0.25) is 0 Å².